The molecule has 198 valence electrons. The highest BCUT2D eigenvalue weighted by Crippen LogP contribution is 2.41. The van der Waals surface area contributed by atoms with E-state index in [1.54, 1.807) is 13.8 Å². The van der Waals surface area contributed by atoms with Gasteiger partial charge in [0.25, 0.3) is 0 Å². The number of hydrogen-bond donors (Lipinski definition) is 0. The Morgan fingerprint density at radius 1 is 0.806 bits per heavy atom. The molecule has 0 aromatic heterocycles. The minimum atomic E-state index is -0.288. The smallest absolute Gasteiger partial charge is 0.333 e. The maximum absolute atomic E-state index is 11.6. The first kappa shape index (κ1) is 30.3. The van der Waals surface area contributed by atoms with Crippen molar-refractivity contribution < 1.29 is 19.1 Å². The number of carbonyl (C=O) groups is 2. The van der Waals surface area contributed by atoms with Crippen LogP contribution in [-0.2, 0) is 30.6 Å². The monoisotopic (exact) mass is 602 g/mol. The van der Waals surface area contributed by atoms with E-state index in [0.717, 1.165) is 34.5 Å². The normalized spacial score (nSPS) is 23.4. The Morgan fingerprint density at radius 2 is 1.19 bits per heavy atom. The van der Waals surface area contributed by atoms with Gasteiger partial charge in [-0.2, -0.15) is 23.5 Å². The fourth-order valence-electron chi connectivity index (χ4n) is 3.23. The zero-order chi connectivity index (χ0) is 25.9. The molecule has 2 heterocycles. The second-order valence-corrected chi connectivity index (χ2v) is 16.8. The van der Waals surface area contributed by atoms with Crippen molar-refractivity contribution in [1.82, 2.24) is 0 Å². The molecule has 3 rings (SSSR count). The second-order valence-electron chi connectivity index (χ2n) is 8.65. The SMILES string of the molecule is C=C(C)C(=O)OCC1CSC(CSCc2ccc(CSCC3SCC(COC(=O)C(=C)C)S3)cc2)S1. The van der Waals surface area contributed by atoms with Crippen molar-refractivity contribution in [2.24, 2.45) is 0 Å². The average molecular weight is 603 g/mol. The van der Waals surface area contributed by atoms with Crippen molar-refractivity contribution in [3.05, 3.63) is 59.7 Å². The maximum Gasteiger partial charge on any atom is 0.333 e. The molecule has 2 fully saturated rings. The van der Waals surface area contributed by atoms with Crippen molar-refractivity contribution in [3.8, 4) is 0 Å². The van der Waals surface area contributed by atoms with Crippen LogP contribution < -0.4 is 0 Å². The van der Waals surface area contributed by atoms with E-state index in [2.05, 4.69) is 37.4 Å². The van der Waals surface area contributed by atoms with Gasteiger partial charge in [0.1, 0.15) is 13.2 Å². The Bertz CT molecular complexity index is 833. The Labute approximate surface area is 241 Å². The van der Waals surface area contributed by atoms with E-state index in [9.17, 15) is 9.59 Å². The molecule has 0 radical (unpaired) electrons. The molecule has 0 bridgehead atoms. The quantitative estimate of drug-likeness (QED) is 0.169. The van der Waals surface area contributed by atoms with Crippen LogP contribution in [0.25, 0.3) is 0 Å². The van der Waals surface area contributed by atoms with E-state index < -0.39 is 0 Å². The van der Waals surface area contributed by atoms with Crippen LogP contribution in [0.15, 0.2) is 48.6 Å². The summed E-state index contributed by atoms with van der Waals surface area (Å²) < 4.78 is 11.7. The largest absolute Gasteiger partial charge is 0.461 e. The molecule has 0 amide bonds. The number of rotatable bonds is 14. The molecule has 0 spiro atoms. The van der Waals surface area contributed by atoms with Gasteiger partial charge >= 0.3 is 11.9 Å². The Morgan fingerprint density at radius 3 is 1.56 bits per heavy atom. The standard InChI is InChI=1S/C26H34O4S6/c1-17(2)25(27)29-9-21-13-33-23(35-21)15-31-11-19-5-7-20(8-6-19)12-32-16-24-34-14-22(36-24)10-30-26(28)18(3)4/h5-8,21-24H,1,3,9-16H2,2,4H3. The second kappa shape index (κ2) is 16.0. The van der Waals surface area contributed by atoms with Crippen molar-refractivity contribution in [2.75, 3.05) is 36.2 Å². The van der Waals surface area contributed by atoms with Gasteiger partial charge in [0.15, 0.2) is 0 Å². The van der Waals surface area contributed by atoms with Crippen LogP contribution in [0.1, 0.15) is 25.0 Å². The predicted octanol–water partition coefficient (Wildman–Crippen LogP) is 6.74. The molecule has 10 heteroatoms. The van der Waals surface area contributed by atoms with Crippen LogP contribution in [0.4, 0.5) is 0 Å². The van der Waals surface area contributed by atoms with E-state index in [4.69, 9.17) is 9.47 Å². The predicted molar refractivity (Wildman–Crippen MR) is 166 cm³/mol. The molecule has 36 heavy (non-hydrogen) atoms. The number of hydrogen-bond acceptors (Lipinski definition) is 10. The molecule has 0 N–H and O–H groups in total. The molecule has 4 unspecified atom stereocenters. The van der Waals surface area contributed by atoms with Crippen LogP contribution in [0.3, 0.4) is 0 Å². The summed E-state index contributed by atoms with van der Waals surface area (Å²) in [5.41, 5.74) is 3.65. The summed E-state index contributed by atoms with van der Waals surface area (Å²) in [6.07, 6.45) is 0. The highest BCUT2D eigenvalue weighted by atomic mass is 32.2. The van der Waals surface area contributed by atoms with Crippen LogP contribution in [0.5, 0.6) is 0 Å². The summed E-state index contributed by atoms with van der Waals surface area (Å²) in [6, 6.07) is 9.01. The van der Waals surface area contributed by atoms with Crippen molar-refractivity contribution in [1.29, 1.82) is 0 Å². The minimum absolute atomic E-state index is 0.288. The first-order valence-electron chi connectivity index (χ1n) is 11.7. The molecule has 4 nitrogen and oxygen atoms in total. The van der Waals surface area contributed by atoms with Crippen LogP contribution >= 0.6 is 70.6 Å². The van der Waals surface area contributed by atoms with Gasteiger partial charge in [-0.3, -0.25) is 0 Å². The molecule has 2 saturated heterocycles. The molecule has 2 aliphatic rings. The van der Waals surface area contributed by atoms with Gasteiger partial charge in [0.2, 0.25) is 0 Å². The fourth-order valence-corrected chi connectivity index (χ4v) is 12.6. The zero-order valence-corrected chi connectivity index (χ0v) is 25.7. The van der Waals surface area contributed by atoms with Gasteiger partial charge in [-0.25, -0.2) is 9.59 Å². The van der Waals surface area contributed by atoms with Gasteiger partial charge < -0.3 is 9.47 Å². The lowest BCUT2D eigenvalue weighted by atomic mass is 10.2. The molecule has 1 aromatic carbocycles. The van der Waals surface area contributed by atoms with E-state index >= 15 is 0 Å². The first-order valence-corrected chi connectivity index (χ1v) is 18.0. The summed E-state index contributed by atoms with van der Waals surface area (Å²) in [6.45, 7) is 11.6. The minimum Gasteiger partial charge on any atom is -0.461 e. The number of benzene rings is 1. The summed E-state index contributed by atoms with van der Waals surface area (Å²) >= 11 is 11.7. The topological polar surface area (TPSA) is 52.6 Å². The lowest BCUT2D eigenvalue weighted by Crippen LogP contribution is -2.16. The van der Waals surface area contributed by atoms with Crippen molar-refractivity contribution in [3.63, 3.8) is 0 Å². The van der Waals surface area contributed by atoms with Gasteiger partial charge in [-0.05, 0) is 25.0 Å². The number of ether oxygens (including phenoxy) is 2. The zero-order valence-electron chi connectivity index (χ0n) is 20.8. The average Bonchev–Trinajstić information content (AvgIpc) is 3.51. The molecule has 4 atom stereocenters. The molecule has 2 aliphatic heterocycles. The summed E-state index contributed by atoms with van der Waals surface area (Å²) in [5, 5.41) is 0.762. The number of esters is 2. The molecule has 1 aromatic rings. The van der Waals surface area contributed by atoms with Gasteiger partial charge in [-0.1, -0.05) is 37.4 Å². The van der Waals surface area contributed by atoms with E-state index in [0.29, 0.717) is 44.0 Å². The Balaban J connectivity index is 1.25. The van der Waals surface area contributed by atoms with Crippen LogP contribution in [-0.4, -0.2) is 67.8 Å². The lowest BCUT2D eigenvalue weighted by molar-refractivity contribution is -0.139. The van der Waals surface area contributed by atoms with Crippen LogP contribution in [0.2, 0.25) is 0 Å². The summed E-state index contributed by atoms with van der Waals surface area (Å²) in [4.78, 5) is 23.1. The van der Waals surface area contributed by atoms with E-state index in [1.807, 2.05) is 70.6 Å². The number of carbonyl (C=O) groups excluding carboxylic acids is 2. The van der Waals surface area contributed by atoms with Gasteiger partial charge in [0.05, 0.1) is 9.16 Å². The van der Waals surface area contributed by atoms with Gasteiger partial charge in [-0.15, -0.1) is 47.0 Å². The maximum atomic E-state index is 11.6. The van der Waals surface area contributed by atoms with Gasteiger partial charge in [0, 0.05) is 56.2 Å². The number of thioether (sulfide) groups is 6. The highest BCUT2D eigenvalue weighted by molar-refractivity contribution is 8.22. The molecule has 0 saturated carbocycles. The lowest BCUT2D eigenvalue weighted by Gasteiger charge is -2.12. The van der Waals surface area contributed by atoms with E-state index in [1.165, 1.54) is 11.1 Å². The summed E-state index contributed by atoms with van der Waals surface area (Å²) in [7, 11) is 0. The third-order valence-corrected chi connectivity index (χ3v) is 14.7. The Hall–Kier alpha value is -0.260. The summed E-state index contributed by atoms with van der Waals surface area (Å²) in [5.74, 6) is 5.73. The molecular weight excluding hydrogens is 569 g/mol. The fraction of sp³-hybridized carbons (Fsp3) is 0.538. The third-order valence-electron chi connectivity index (χ3n) is 5.19. The Kier molecular flexibility index (Phi) is 13.4. The molecular formula is C26H34O4S6. The van der Waals surface area contributed by atoms with Crippen molar-refractivity contribution >= 4 is 82.5 Å². The van der Waals surface area contributed by atoms with Crippen LogP contribution in [0, 0.1) is 0 Å². The molecule has 0 aliphatic carbocycles. The van der Waals surface area contributed by atoms with Crippen molar-refractivity contribution in [2.45, 2.75) is 45.0 Å². The highest BCUT2D eigenvalue weighted by Gasteiger charge is 2.28. The first-order chi connectivity index (χ1) is 17.3. The third kappa shape index (κ3) is 10.8. The van der Waals surface area contributed by atoms with E-state index in [-0.39, 0.29) is 11.9 Å².